The van der Waals surface area contributed by atoms with Crippen LogP contribution in [-0.4, -0.2) is 20.7 Å². The number of halogens is 1. The molecule has 0 saturated heterocycles. The summed E-state index contributed by atoms with van der Waals surface area (Å²) >= 11 is 0. The Labute approximate surface area is 215 Å². The average Bonchev–Trinajstić information content (AvgIpc) is 3.40. The lowest BCUT2D eigenvalue weighted by Crippen LogP contribution is -2.15. The van der Waals surface area contributed by atoms with E-state index in [2.05, 4.69) is 27.1 Å². The maximum atomic E-state index is 14.9. The highest BCUT2D eigenvalue weighted by molar-refractivity contribution is 5.97. The monoisotopic (exact) mass is 488 g/mol. The number of nitriles is 1. The summed E-state index contributed by atoms with van der Waals surface area (Å²) in [7, 11) is 0. The van der Waals surface area contributed by atoms with Crippen LogP contribution in [0.3, 0.4) is 0 Å². The summed E-state index contributed by atoms with van der Waals surface area (Å²) in [6.45, 7) is 3.64. The molecule has 0 N–H and O–H groups in total. The lowest BCUT2D eigenvalue weighted by molar-refractivity contribution is 0.0993. The lowest BCUT2D eigenvalue weighted by Gasteiger charge is -2.16. The molecule has 0 radical (unpaired) electrons. The van der Waals surface area contributed by atoms with E-state index in [0.29, 0.717) is 16.8 Å². The molecule has 0 fully saturated rings. The summed E-state index contributed by atoms with van der Waals surface area (Å²) in [5, 5.41) is 9.44. The quantitative estimate of drug-likeness (QED) is 0.295. The first-order chi connectivity index (χ1) is 17.9. The van der Waals surface area contributed by atoms with Gasteiger partial charge in [0.1, 0.15) is 12.1 Å². The van der Waals surface area contributed by atoms with E-state index < -0.39 is 5.41 Å². The number of pyridine rings is 1. The Morgan fingerprint density at radius 1 is 1.08 bits per heavy atom. The first kappa shape index (κ1) is 24.2. The molecule has 1 aliphatic carbocycles. The molecular weight excluding hydrogens is 463 g/mol. The van der Waals surface area contributed by atoms with Gasteiger partial charge in [-0.3, -0.25) is 9.78 Å². The van der Waals surface area contributed by atoms with Crippen molar-refractivity contribution in [2.24, 2.45) is 0 Å². The Balaban J connectivity index is 1.42. The maximum absolute atomic E-state index is 14.9. The predicted molar refractivity (Wildman–Crippen MR) is 140 cm³/mol. The van der Waals surface area contributed by atoms with Gasteiger partial charge >= 0.3 is 0 Å². The largest absolute Gasteiger partial charge is 0.294 e. The van der Waals surface area contributed by atoms with Crippen LogP contribution < -0.4 is 0 Å². The lowest BCUT2D eigenvalue weighted by atomic mass is 9.85. The Morgan fingerprint density at radius 2 is 1.95 bits per heavy atom. The van der Waals surface area contributed by atoms with E-state index in [9.17, 15) is 14.4 Å². The fourth-order valence-electron chi connectivity index (χ4n) is 4.55. The summed E-state index contributed by atoms with van der Waals surface area (Å²) in [4.78, 5) is 26.5. The van der Waals surface area contributed by atoms with E-state index in [0.717, 1.165) is 40.1 Å². The fourth-order valence-corrected chi connectivity index (χ4v) is 4.55. The molecule has 0 unspecified atom stereocenters. The number of carbonyl (C=O) groups is 1. The molecule has 1 aliphatic rings. The van der Waals surface area contributed by atoms with Crippen molar-refractivity contribution >= 4 is 11.9 Å². The minimum atomic E-state index is -0.695. The SMILES string of the molecule is CC(C)(C#N)c1cccc(C(=O)Cc2ccc(F)c(Cc3ncccc3-c3ncnc4c3C=CC4)c2)c1. The number of nitrogens with zero attached hydrogens (tertiary/aromatic N) is 4. The predicted octanol–water partition coefficient (Wildman–Crippen LogP) is 6.06. The van der Waals surface area contributed by atoms with Crippen molar-refractivity contribution < 1.29 is 9.18 Å². The number of fused-ring (bicyclic) bond motifs is 1. The third-order valence-corrected chi connectivity index (χ3v) is 6.73. The number of carbonyl (C=O) groups excluding carboxylic acids is 1. The molecule has 2 aromatic carbocycles. The van der Waals surface area contributed by atoms with Gasteiger partial charge in [-0.15, -0.1) is 0 Å². The topological polar surface area (TPSA) is 79.5 Å². The Morgan fingerprint density at radius 3 is 2.78 bits per heavy atom. The van der Waals surface area contributed by atoms with E-state index in [4.69, 9.17) is 0 Å². The Bertz CT molecular complexity index is 1580. The zero-order chi connectivity index (χ0) is 26.0. The highest BCUT2D eigenvalue weighted by Gasteiger charge is 2.21. The van der Waals surface area contributed by atoms with Crippen molar-refractivity contribution in [2.75, 3.05) is 0 Å². The zero-order valence-corrected chi connectivity index (χ0v) is 20.7. The number of hydrogen-bond donors (Lipinski definition) is 0. The molecule has 4 aromatic rings. The molecule has 0 atom stereocenters. The van der Waals surface area contributed by atoms with E-state index in [1.54, 1.807) is 42.9 Å². The molecule has 2 aromatic heterocycles. The molecule has 5 rings (SSSR count). The molecule has 182 valence electrons. The van der Waals surface area contributed by atoms with Crippen molar-refractivity contribution in [3.8, 4) is 17.3 Å². The van der Waals surface area contributed by atoms with Crippen LogP contribution in [0.2, 0.25) is 0 Å². The summed E-state index contributed by atoms with van der Waals surface area (Å²) < 4.78 is 14.9. The molecule has 0 spiro atoms. The molecule has 37 heavy (non-hydrogen) atoms. The molecule has 6 heteroatoms. The van der Waals surface area contributed by atoms with Gasteiger partial charge in [-0.2, -0.15) is 5.26 Å². The average molecular weight is 489 g/mol. The van der Waals surface area contributed by atoms with Crippen LogP contribution in [0.25, 0.3) is 17.3 Å². The molecule has 0 amide bonds. The van der Waals surface area contributed by atoms with Crippen molar-refractivity contribution in [3.05, 3.63) is 118 Å². The van der Waals surface area contributed by atoms with Crippen LogP contribution >= 0.6 is 0 Å². The number of allylic oxidation sites excluding steroid dienone is 1. The van der Waals surface area contributed by atoms with Crippen LogP contribution in [-0.2, 0) is 24.7 Å². The van der Waals surface area contributed by atoms with Gasteiger partial charge in [0.25, 0.3) is 0 Å². The standard InChI is InChI=1S/C31H25FN4O/c1-31(2,18-33)23-7-3-6-21(16-23)29(37)15-20-11-12-26(32)22(14-20)17-28-25(9-5-13-34-28)30-24-8-4-10-27(24)35-19-36-30/h3-9,11-14,16,19H,10,15,17H2,1-2H3. The van der Waals surface area contributed by atoms with Crippen molar-refractivity contribution in [1.29, 1.82) is 5.26 Å². The van der Waals surface area contributed by atoms with Gasteiger partial charge in [0, 0.05) is 42.1 Å². The fraction of sp³-hybridized carbons (Fsp3) is 0.194. The molecule has 0 bridgehead atoms. The minimum Gasteiger partial charge on any atom is -0.294 e. The van der Waals surface area contributed by atoms with E-state index in [1.807, 2.05) is 38.1 Å². The van der Waals surface area contributed by atoms with Gasteiger partial charge in [-0.1, -0.05) is 42.5 Å². The molecule has 0 saturated carbocycles. The molecule has 0 aliphatic heterocycles. The number of Topliss-reactive ketones (excluding diaryl/α,β-unsaturated/α-hetero) is 1. The zero-order valence-electron chi connectivity index (χ0n) is 20.7. The highest BCUT2D eigenvalue weighted by Crippen LogP contribution is 2.31. The Kier molecular flexibility index (Phi) is 6.45. The van der Waals surface area contributed by atoms with Crippen molar-refractivity contribution in [1.82, 2.24) is 15.0 Å². The molecule has 5 nitrogen and oxygen atoms in total. The second kappa shape index (κ2) is 9.87. The third kappa shape index (κ3) is 4.94. The third-order valence-electron chi connectivity index (χ3n) is 6.73. The summed E-state index contributed by atoms with van der Waals surface area (Å²) in [5.74, 6) is -0.437. The summed E-state index contributed by atoms with van der Waals surface area (Å²) in [6.07, 6.45) is 8.47. The van der Waals surface area contributed by atoms with Crippen LogP contribution in [0, 0.1) is 17.1 Å². The minimum absolute atomic E-state index is 0.0880. The number of benzene rings is 2. The van der Waals surface area contributed by atoms with Gasteiger partial charge in [0.2, 0.25) is 0 Å². The van der Waals surface area contributed by atoms with Gasteiger partial charge in [-0.05, 0) is 54.8 Å². The van der Waals surface area contributed by atoms with Gasteiger partial charge < -0.3 is 0 Å². The van der Waals surface area contributed by atoms with Crippen LogP contribution in [0.4, 0.5) is 4.39 Å². The molecular formula is C31H25FN4O. The number of rotatable bonds is 7. The highest BCUT2D eigenvalue weighted by atomic mass is 19.1. The first-order valence-corrected chi connectivity index (χ1v) is 12.1. The number of ketones is 1. The second-order valence-electron chi connectivity index (χ2n) is 9.71. The van der Waals surface area contributed by atoms with E-state index in [1.165, 1.54) is 6.07 Å². The summed E-state index contributed by atoms with van der Waals surface area (Å²) in [6, 6.07) is 18.0. The van der Waals surface area contributed by atoms with Crippen LogP contribution in [0.15, 0.2) is 73.2 Å². The van der Waals surface area contributed by atoms with Crippen molar-refractivity contribution in [2.45, 2.75) is 38.5 Å². The van der Waals surface area contributed by atoms with Gasteiger partial charge in [-0.25, -0.2) is 14.4 Å². The van der Waals surface area contributed by atoms with Gasteiger partial charge in [0.15, 0.2) is 5.78 Å². The number of aromatic nitrogens is 3. The van der Waals surface area contributed by atoms with Crippen molar-refractivity contribution in [3.63, 3.8) is 0 Å². The van der Waals surface area contributed by atoms with Gasteiger partial charge in [0.05, 0.1) is 28.6 Å². The summed E-state index contributed by atoms with van der Waals surface area (Å²) in [5.41, 5.74) is 6.07. The Hall–Kier alpha value is -4.50. The number of hydrogen-bond acceptors (Lipinski definition) is 5. The van der Waals surface area contributed by atoms with E-state index >= 15 is 0 Å². The second-order valence-corrected chi connectivity index (χ2v) is 9.71. The normalized spacial score (nSPS) is 12.3. The first-order valence-electron chi connectivity index (χ1n) is 12.1. The smallest absolute Gasteiger partial charge is 0.167 e. The van der Waals surface area contributed by atoms with E-state index in [-0.39, 0.29) is 24.4 Å². The maximum Gasteiger partial charge on any atom is 0.167 e. The molecule has 2 heterocycles. The van der Waals surface area contributed by atoms with Crippen LogP contribution in [0.5, 0.6) is 0 Å². The van der Waals surface area contributed by atoms with Crippen LogP contribution in [0.1, 0.15) is 57.8 Å².